The van der Waals surface area contributed by atoms with E-state index < -0.39 is 5.79 Å². The van der Waals surface area contributed by atoms with Crippen LogP contribution in [-0.2, 0) is 20.7 Å². The molecule has 21 heavy (non-hydrogen) atoms. The van der Waals surface area contributed by atoms with E-state index >= 15 is 0 Å². The molecule has 0 radical (unpaired) electrons. The molecule has 0 unspecified atom stereocenters. The first-order valence-corrected chi connectivity index (χ1v) is 8.27. The van der Waals surface area contributed by atoms with Gasteiger partial charge in [-0.05, 0) is 18.1 Å². The molecule has 2 aliphatic rings. The molecular formula is C16H20BrNO3. The second-order valence-electron chi connectivity index (χ2n) is 5.58. The number of carbonyl (C=O) groups excluding carboxylic acids is 1. The van der Waals surface area contributed by atoms with Crippen LogP contribution in [0.1, 0.15) is 24.8 Å². The summed E-state index contributed by atoms with van der Waals surface area (Å²) in [5.41, 5.74) is 1.18. The predicted molar refractivity (Wildman–Crippen MR) is 82.9 cm³/mol. The van der Waals surface area contributed by atoms with Crippen molar-refractivity contribution < 1.29 is 14.3 Å². The standard InChI is InChI=1S/C16H20BrNO3/c17-14-4-2-1-3-13(14)5-6-15(19)18-9-7-16(8-10-18)20-11-12-21-16/h1-4H,5-12H2. The lowest BCUT2D eigenvalue weighted by atomic mass is 10.0. The zero-order valence-electron chi connectivity index (χ0n) is 12.0. The molecule has 2 fully saturated rings. The van der Waals surface area contributed by atoms with Crippen LogP contribution in [0.4, 0.5) is 0 Å². The Balaban J connectivity index is 1.49. The maximum Gasteiger partial charge on any atom is 0.222 e. The number of rotatable bonds is 3. The van der Waals surface area contributed by atoms with Gasteiger partial charge >= 0.3 is 0 Å². The number of likely N-dealkylation sites (tertiary alicyclic amines) is 1. The lowest BCUT2D eigenvalue weighted by Gasteiger charge is -2.37. The zero-order chi connectivity index (χ0) is 14.7. The quantitative estimate of drug-likeness (QED) is 0.838. The van der Waals surface area contributed by atoms with Crippen LogP contribution in [0.3, 0.4) is 0 Å². The Kier molecular flexibility index (Phi) is 4.62. The second kappa shape index (κ2) is 6.46. The van der Waals surface area contributed by atoms with Crippen molar-refractivity contribution >= 4 is 21.8 Å². The van der Waals surface area contributed by atoms with Crippen LogP contribution in [0, 0.1) is 0 Å². The van der Waals surface area contributed by atoms with Gasteiger partial charge in [0.25, 0.3) is 0 Å². The highest BCUT2D eigenvalue weighted by Gasteiger charge is 2.40. The summed E-state index contributed by atoms with van der Waals surface area (Å²) in [4.78, 5) is 14.3. The van der Waals surface area contributed by atoms with Crippen molar-refractivity contribution in [3.05, 3.63) is 34.3 Å². The Morgan fingerprint density at radius 1 is 1.19 bits per heavy atom. The number of ether oxygens (including phenoxy) is 2. The average molecular weight is 354 g/mol. The van der Waals surface area contributed by atoms with Gasteiger partial charge in [0.05, 0.1) is 13.2 Å². The van der Waals surface area contributed by atoms with Crippen molar-refractivity contribution in [1.82, 2.24) is 4.90 Å². The molecule has 114 valence electrons. The highest BCUT2D eigenvalue weighted by Crippen LogP contribution is 2.31. The van der Waals surface area contributed by atoms with Gasteiger partial charge in [-0.25, -0.2) is 0 Å². The Hall–Kier alpha value is -0.910. The first kappa shape index (κ1) is 15.0. The fourth-order valence-electron chi connectivity index (χ4n) is 2.98. The van der Waals surface area contributed by atoms with E-state index in [9.17, 15) is 4.79 Å². The van der Waals surface area contributed by atoms with E-state index in [0.717, 1.165) is 36.8 Å². The zero-order valence-corrected chi connectivity index (χ0v) is 13.6. The molecule has 2 aliphatic heterocycles. The summed E-state index contributed by atoms with van der Waals surface area (Å²) < 4.78 is 12.4. The first-order chi connectivity index (χ1) is 10.2. The third-order valence-electron chi connectivity index (χ3n) is 4.26. The van der Waals surface area contributed by atoms with E-state index in [-0.39, 0.29) is 5.91 Å². The molecule has 0 bridgehead atoms. The van der Waals surface area contributed by atoms with Gasteiger partial charge in [0.2, 0.25) is 5.91 Å². The minimum atomic E-state index is -0.404. The Labute approximate surface area is 133 Å². The summed E-state index contributed by atoms with van der Waals surface area (Å²) in [7, 11) is 0. The third-order valence-corrected chi connectivity index (χ3v) is 5.03. The first-order valence-electron chi connectivity index (χ1n) is 7.48. The minimum Gasteiger partial charge on any atom is -0.347 e. The molecule has 1 aromatic carbocycles. The Bertz CT molecular complexity index is 504. The normalized spacial score (nSPS) is 20.9. The molecule has 3 rings (SSSR count). The third kappa shape index (κ3) is 3.47. The fraction of sp³-hybridized carbons (Fsp3) is 0.562. The highest BCUT2D eigenvalue weighted by molar-refractivity contribution is 9.10. The molecule has 1 aromatic rings. The molecule has 1 amide bonds. The summed E-state index contributed by atoms with van der Waals surface area (Å²) in [6.45, 7) is 2.82. The van der Waals surface area contributed by atoms with Crippen molar-refractivity contribution in [2.24, 2.45) is 0 Å². The highest BCUT2D eigenvalue weighted by atomic mass is 79.9. The van der Waals surface area contributed by atoms with Crippen molar-refractivity contribution in [3.63, 3.8) is 0 Å². The van der Waals surface area contributed by atoms with Gasteiger partial charge in [0, 0.05) is 36.8 Å². The smallest absolute Gasteiger partial charge is 0.222 e. The number of hydrogen-bond acceptors (Lipinski definition) is 3. The van der Waals surface area contributed by atoms with Crippen molar-refractivity contribution in [3.8, 4) is 0 Å². The number of nitrogens with zero attached hydrogens (tertiary/aromatic N) is 1. The van der Waals surface area contributed by atoms with Gasteiger partial charge in [0.15, 0.2) is 5.79 Å². The number of halogens is 1. The number of hydrogen-bond donors (Lipinski definition) is 0. The number of piperidine rings is 1. The van der Waals surface area contributed by atoms with Crippen LogP contribution in [0.15, 0.2) is 28.7 Å². The van der Waals surface area contributed by atoms with Crippen LogP contribution in [0.25, 0.3) is 0 Å². The monoisotopic (exact) mass is 353 g/mol. The van der Waals surface area contributed by atoms with E-state index in [4.69, 9.17) is 9.47 Å². The summed E-state index contributed by atoms with van der Waals surface area (Å²) in [6.07, 6.45) is 2.90. The lowest BCUT2D eigenvalue weighted by molar-refractivity contribution is -0.187. The second-order valence-corrected chi connectivity index (χ2v) is 6.43. The van der Waals surface area contributed by atoms with Crippen molar-refractivity contribution in [2.45, 2.75) is 31.5 Å². The summed E-state index contributed by atoms with van der Waals surface area (Å²) in [5, 5.41) is 0. The SMILES string of the molecule is O=C(CCc1ccccc1Br)N1CCC2(CC1)OCCO2. The van der Waals surface area contributed by atoms with Gasteiger partial charge in [-0.2, -0.15) is 0 Å². The molecule has 0 atom stereocenters. The fourth-order valence-corrected chi connectivity index (χ4v) is 3.47. The summed E-state index contributed by atoms with van der Waals surface area (Å²) in [6, 6.07) is 8.06. The van der Waals surface area contributed by atoms with Crippen molar-refractivity contribution in [2.75, 3.05) is 26.3 Å². The molecular weight excluding hydrogens is 334 g/mol. The van der Waals surface area contributed by atoms with Crippen molar-refractivity contribution in [1.29, 1.82) is 0 Å². The molecule has 1 spiro atoms. The van der Waals surface area contributed by atoms with Crippen LogP contribution < -0.4 is 0 Å². The van der Waals surface area contributed by atoms with Crippen LogP contribution in [-0.4, -0.2) is 42.9 Å². The minimum absolute atomic E-state index is 0.221. The van der Waals surface area contributed by atoms with E-state index in [1.54, 1.807) is 0 Å². The maximum atomic E-state index is 12.3. The van der Waals surface area contributed by atoms with E-state index in [1.165, 1.54) is 5.56 Å². The van der Waals surface area contributed by atoms with E-state index in [0.29, 0.717) is 19.6 Å². The topological polar surface area (TPSA) is 38.8 Å². The Morgan fingerprint density at radius 3 is 2.52 bits per heavy atom. The summed E-state index contributed by atoms with van der Waals surface area (Å²) in [5.74, 6) is -0.183. The largest absolute Gasteiger partial charge is 0.347 e. The molecule has 2 heterocycles. The molecule has 4 nitrogen and oxygen atoms in total. The number of aryl methyl sites for hydroxylation is 1. The molecule has 2 saturated heterocycles. The number of benzene rings is 1. The average Bonchev–Trinajstić information content (AvgIpc) is 2.95. The van der Waals surface area contributed by atoms with Crippen LogP contribution in [0.5, 0.6) is 0 Å². The molecule has 0 aliphatic carbocycles. The van der Waals surface area contributed by atoms with E-state index in [1.807, 2.05) is 23.1 Å². The Morgan fingerprint density at radius 2 is 1.86 bits per heavy atom. The lowest BCUT2D eigenvalue weighted by Crippen LogP contribution is -2.47. The number of amides is 1. The van der Waals surface area contributed by atoms with Gasteiger partial charge in [-0.3, -0.25) is 4.79 Å². The molecule has 0 saturated carbocycles. The molecule has 0 aromatic heterocycles. The molecule has 0 N–H and O–H groups in total. The van der Waals surface area contributed by atoms with Gasteiger partial charge < -0.3 is 14.4 Å². The maximum absolute atomic E-state index is 12.3. The van der Waals surface area contributed by atoms with Gasteiger partial charge in [-0.15, -0.1) is 0 Å². The van der Waals surface area contributed by atoms with Crippen LogP contribution in [0.2, 0.25) is 0 Å². The van der Waals surface area contributed by atoms with Gasteiger partial charge in [-0.1, -0.05) is 34.1 Å². The van der Waals surface area contributed by atoms with E-state index in [2.05, 4.69) is 22.0 Å². The number of carbonyl (C=O) groups is 1. The summed E-state index contributed by atoms with van der Waals surface area (Å²) >= 11 is 3.52. The van der Waals surface area contributed by atoms with Gasteiger partial charge in [0.1, 0.15) is 0 Å². The van der Waals surface area contributed by atoms with Crippen LogP contribution >= 0.6 is 15.9 Å². The molecule has 5 heteroatoms. The predicted octanol–water partition coefficient (Wildman–Crippen LogP) is 2.75.